The van der Waals surface area contributed by atoms with Crippen LogP contribution in [0.5, 0.6) is 0 Å². The number of hydrogen-bond acceptors (Lipinski definition) is 0. The summed E-state index contributed by atoms with van der Waals surface area (Å²) in [5, 5.41) is 2.63. The summed E-state index contributed by atoms with van der Waals surface area (Å²) in [7, 11) is 0.587. The van der Waals surface area contributed by atoms with Crippen molar-refractivity contribution in [2.75, 3.05) is 12.3 Å². The van der Waals surface area contributed by atoms with Gasteiger partial charge in [0, 0.05) is 0 Å². The molecular formula is C18H36P2. The lowest BCUT2D eigenvalue weighted by molar-refractivity contribution is 0.512. The van der Waals surface area contributed by atoms with E-state index in [4.69, 9.17) is 0 Å². The monoisotopic (exact) mass is 314 g/mol. The van der Waals surface area contributed by atoms with Gasteiger partial charge in [-0.15, -0.1) is 0 Å². The van der Waals surface area contributed by atoms with E-state index in [1.807, 2.05) is 0 Å². The molecule has 2 rings (SSSR count). The average molecular weight is 314 g/mol. The Balaban J connectivity index is 2.20. The molecule has 0 aliphatic carbocycles. The summed E-state index contributed by atoms with van der Waals surface area (Å²) in [5.74, 6) is 0. The van der Waals surface area contributed by atoms with Crippen molar-refractivity contribution in [3.63, 3.8) is 0 Å². The van der Waals surface area contributed by atoms with E-state index in [1.165, 1.54) is 38.5 Å². The highest BCUT2D eigenvalue weighted by Gasteiger charge is 2.49. The molecule has 2 atom stereocenters. The first-order valence-corrected chi connectivity index (χ1v) is 12.3. The Labute approximate surface area is 130 Å². The van der Waals surface area contributed by atoms with Crippen molar-refractivity contribution >= 4 is 15.8 Å². The fourth-order valence-corrected chi connectivity index (χ4v) is 15.6. The Morgan fingerprint density at radius 1 is 0.750 bits per heavy atom. The second-order valence-electron chi connectivity index (χ2n) is 7.09. The van der Waals surface area contributed by atoms with Crippen molar-refractivity contribution < 1.29 is 0 Å². The Hall–Kier alpha value is 0.860. The maximum absolute atomic E-state index is 2.69. The summed E-state index contributed by atoms with van der Waals surface area (Å²) in [4.78, 5) is 0. The Morgan fingerprint density at radius 3 is 1.40 bits per heavy atom. The second-order valence-corrected chi connectivity index (χ2v) is 13.7. The fourth-order valence-electron chi connectivity index (χ4n) is 5.27. The Morgan fingerprint density at radius 2 is 1.10 bits per heavy atom. The lowest BCUT2D eigenvalue weighted by atomic mass is 9.97. The molecule has 0 spiro atoms. The molecule has 2 aliphatic rings. The zero-order chi connectivity index (χ0) is 14.8. The van der Waals surface area contributed by atoms with Crippen molar-refractivity contribution in [3.05, 3.63) is 0 Å². The summed E-state index contributed by atoms with van der Waals surface area (Å²) >= 11 is 0. The molecule has 2 heterocycles. The molecule has 0 N–H and O–H groups in total. The predicted octanol–water partition coefficient (Wildman–Crippen LogP) is 7.00. The lowest BCUT2D eigenvalue weighted by Gasteiger charge is -2.46. The van der Waals surface area contributed by atoms with Gasteiger partial charge in [0.1, 0.15) is 0 Å². The topological polar surface area (TPSA) is 0 Å². The van der Waals surface area contributed by atoms with E-state index in [0.717, 1.165) is 15.7 Å². The molecule has 0 aromatic carbocycles. The molecule has 2 heteroatoms. The summed E-state index contributed by atoms with van der Waals surface area (Å²) in [6.07, 6.45) is 15.2. The Bertz CT molecular complexity index is 275. The van der Waals surface area contributed by atoms with Crippen molar-refractivity contribution in [1.29, 1.82) is 0 Å². The zero-order valence-corrected chi connectivity index (χ0v) is 16.3. The maximum Gasteiger partial charge on any atom is -0.00242 e. The van der Waals surface area contributed by atoms with Gasteiger partial charge in [0.15, 0.2) is 0 Å². The van der Waals surface area contributed by atoms with Crippen LogP contribution in [-0.2, 0) is 0 Å². The standard InChI is InChI=1S/C18H36P2/c1-6-17(7-2)12-10-14-19(17)16(5)20-15-11-13-18(20,8-3)9-4/h16H,6-15H2,1-5H3. The van der Waals surface area contributed by atoms with Gasteiger partial charge in [0.2, 0.25) is 0 Å². The highest BCUT2D eigenvalue weighted by atomic mass is 31.2. The van der Waals surface area contributed by atoms with Crippen molar-refractivity contribution in [1.82, 2.24) is 0 Å². The highest BCUT2D eigenvalue weighted by molar-refractivity contribution is 7.77. The van der Waals surface area contributed by atoms with Gasteiger partial charge < -0.3 is 0 Å². The van der Waals surface area contributed by atoms with Crippen LogP contribution >= 0.6 is 15.8 Å². The van der Waals surface area contributed by atoms with E-state index < -0.39 is 0 Å². The fraction of sp³-hybridized carbons (Fsp3) is 1.00. The third kappa shape index (κ3) is 2.74. The molecule has 0 radical (unpaired) electrons. The summed E-state index contributed by atoms with van der Waals surface area (Å²) in [6.45, 7) is 12.6. The average Bonchev–Trinajstić information content (AvgIpc) is 3.11. The molecule has 2 aliphatic heterocycles. The third-order valence-corrected chi connectivity index (χ3v) is 16.1. The van der Waals surface area contributed by atoms with Crippen molar-refractivity contribution in [3.8, 4) is 0 Å². The summed E-state index contributed by atoms with van der Waals surface area (Å²) in [6, 6.07) is 0. The molecular weight excluding hydrogens is 278 g/mol. The predicted molar refractivity (Wildman–Crippen MR) is 98.1 cm³/mol. The molecule has 20 heavy (non-hydrogen) atoms. The van der Waals surface area contributed by atoms with Crippen LogP contribution in [0, 0.1) is 0 Å². The minimum Gasteiger partial charge on any atom is -0.0930 e. The van der Waals surface area contributed by atoms with Crippen LogP contribution < -0.4 is 0 Å². The van der Waals surface area contributed by atoms with Crippen LogP contribution in [0.3, 0.4) is 0 Å². The van der Waals surface area contributed by atoms with Crippen LogP contribution in [0.4, 0.5) is 0 Å². The summed E-state index contributed by atoms with van der Waals surface area (Å²) in [5.41, 5.74) is 0. The van der Waals surface area contributed by atoms with E-state index in [9.17, 15) is 0 Å². The molecule has 0 bridgehead atoms. The zero-order valence-electron chi connectivity index (χ0n) is 14.5. The van der Waals surface area contributed by atoms with Gasteiger partial charge >= 0.3 is 0 Å². The van der Waals surface area contributed by atoms with Gasteiger partial charge in [-0.2, -0.15) is 0 Å². The van der Waals surface area contributed by atoms with Gasteiger partial charge in [0.25, 0.3) is 0 Å². The first-order valence-electron chi connectivity index (χ1n) is 9.12. The molecule has 0 saturated carbocycles. The molecule has 2 saturated heterocycles. The molecule has 2 fully saturated rings. The normalized spacial score (nSPS) is 33.5. The van der Waals surface area contributed by atoms with E-state index in [0.29, 0.717) is 15.8 Å². The lowest BCUT2D eigenvalue weighted by Crippen LogP contribution is -2.29. The minimum absolute atomic E-state index is 0.294. The minimum atomic E-state index is 0.294. The second kappa shape index (κ2) is 6.96. The maximum atomic E-state index is 2.69. The van der Waals surface area contributed by atoms with Gasteiger partial charge in [-0.1, -0.05) is 50.5 Å². The van der Waals surface area contributed by atoms with Gasteiger partial charge in [-0.25, -0.2) is 0 Å². The van der Waals surface area contributed by atoms with E-state index in [-0.39, 0.29) is 0 Å². The van der Waals surface area contributed by atoms with Gasteiger partial charge in [0.05, 0.1) is 0 Å². The van der Waals surface area contributed by atoms with Gasteiger partial charge in [-0.05, 0) is 79.4 Å². The molecule has 0 amide bonds. The molecule has 0 aromatic rings. The molecule has 2 unspecified atom stereocenters. The SMILES string of the molecule is CCC1(CC)CCCP1C(C)P1CCCC1(CC)CC. The van der Waals surface area contributed by atoms with Crippen LogP contribution in [0.1, 0.15) is 86.0 Å². The van der Waals surface area contributed by atoms with E-state index in [2.05, 4.69) is 34.6 Å². The largest absolute Gasteiger partial charge is 0.0930 e. The number of rotatable bonds is 6. The van der Waals surface area contributed by atoms with Crippen LogP contribution in [0.15, 0.2) is 0 Å². The first-order chi connectivity index (χ1) is 9.59. The van der Waals surface area contributed by atoms with E-state index in [1.54, 1.807) is 25.2 Å². The van der Waals surface area contributed by atoms with Crippen LogP contribution in [-0.4, -0.2) is 28.0 Å². The highest BCUT2D eigenvalue weighted by Crippen LogP contribution is 2.76. The molecule has 118 valence electrons. The van der Waals surface area contributed by atoms with Crippen LogP contribution in [0.25, 0.3) is 0 Å². The van der Waals surface area contributed by atoms with Crippen molar-refractivity contribution in [2.45, 2.75) is 102 Å². The quantitative estimate of drug-likeness (QED) is 0.463. The molecule has 0 nitrogen and oxygen atoms in total. The van der Waals surface area contributed by atoms with E-state index >= 15 is 0 Å². The summed E-state index contributed by atoms with van der Waals surface area (Å²) < 4.78 is 0. The molecule has 0 aromatic heterocycles. The Kier molecular flexibility index (Phi) is 5.99. The van der Waals surface area contributed by atoms with Gasteiger partial charge in [-0.3, -0.25) is 0 Å². The van der Waals surface area contributed by atoms with Crippen LogP contribution in [0.2, 0.25) is 0 Å². The third-order valence-electron chi connectivity index (χ3n) is 6.84. The number of hydrogen-bond donors (Lipinski definition) is 0. The smallest absolute Gasteiger partial charge is 0.00242 e. The first kappa shape index (κ1) is 17.2. The van der Waals surface area contributed by atoms with Crippen molar-refractivity contribution in [2.24, 2.45) is 0 Å².